The quantitative estimate of drug-likeness (QED) is 0.705. The van der Waals surface area contributed by atoms with Gasteiger partial charge in [-0.15, -0.1) is 0 Å². The van der Waals surface area contributed by atoms with Crippen molar-refractivity contribution < 1.29 is 19.1 Å². The van der Waals surface area contributed by atoms with Gasteiger partial charge in [0, 0.05) is 10.4 Å². The first-order chi connectivity index (χ1) is 13.0. The zero-order chi connectivity index (χ0) is 19.0. The maximum absolute atomic E-state index is 12.7. The average Bonchev–Trinajstić information content (AvgIpc) is 2.69. The fourth-order valence-corrected chi connectivity index (χ4v) is 3.09. The van der Waals surface area contributed by atoms with Gasteiger partial charge in [0.15, 0.2) is 6.61 Å². The summed E-state index contributed by atoms with van der Waals surface area (Å²) in [7, 11) is 0. The monoisotopic (exact) mass is 380 g/mol. The van der Waals surface area contributed by atoms with Gasteiger partial charge in [0.1, 0.15) is 5.75 Å². The van der Waals surface area contributed by atoms with Crippen LogP contribution in [0, 0.1) is 0 Å². The lowest BCUT2D eigenvalue weighted by atomic mass is 9.95. The first-order valence-corrected chi connectivity index (χ1v) is 8.51. The summed E-state index contributed by atoms with van der Waals surface area (Å²) in [5, 5.41) is 2.66. The minimum Gasteiger partial charge on any atom is -0.484 e. The molecule has 7 heteroatoms. The largest absolute Gasteiger partial charge is 0.484 e. The molecular weight excluding hydrogens is 368 g/mol. The van der Waals surface area contributed by atoms with E-state index in [1.54, 1.807) is 48.5 Å². The maximum Gasteiger partial charge on any atom is 0.280 e. The zero-order valence-electron chi connectivity index (χ0n) is 13.9. The number of hydrogen-bond donors (Lipinski definition) is 1. The van der Waals surface area contributed by atoms with Gasteiger partial charge in [0.2, 0.25) is 0 Å². The third kappa shape index (κ3) is 3.11. The van der Waals surface area contributed by atoms with E-state index < -0.39 is 17.7 Å². The van der Waals surface area contributed by atoms with Crippen molar-refractivity contribution in [3.63, 3.8) is 0 Å². The molecule has 0 bridgehead atoms. The number of hydrogen-bond acceptors (Lipinski definition) is 4. The van der Waals surface area contributed by atoms with E-state index in [-0.39, 0.29) is 6.61 Å². The fourth-order valence-electron chi connectivity index (χ4n) is 2.97. The molecule has 3 aromatic carbocycles. The highest BCUT2D eigenvalue weighted by Gasteiger charge is 2.34. The summed E-state index contributed by atoms with van der Waals surface area (Å²) >= 11 is 5.79. The van der Waals surface area contributed by atoms with Gasteiger partial charge in [0.25, 0.3) is 17.7 Å². The number of carbonyl (C=O) groups is 3. The predicted molar refractivity (Wildman–Crippen MR) is 99.5 cm³/mol. The van der Waals surface area contributed by atoms with Crippen LogP contribution in [0.4, 0.5) is 0 Å². The Hall–Kier alpha value is -3.38. The van der Waals surface area contributed by atoms with E-state index in [9.17, 15) is 14.4 Å². The van der Waals surface area contributed by atoms with Crippen LogP contribution >= 0.6 is 11.6 Å². The highest BCUT2D eigenvalue weighted by Crippen LogP contribution is 2.29. The fraction of sp³-hybridized carbons (Fsp3) is 0.0500. The van der Waals surface area contributed by atoms with Crippen LogP contribution in [0.25, 0.3) is 10.8 Å². The summed E-state index contributed by atoms with van der Waals surface area (Å²) in [6.07, 6.45) is 0. The number of imide groups is 1. The van der Waals surface area contributed by atoms with E-state index >= 15 is 0 Å². The van der Waals surface area contributed by atoms with E-state index in [4.69, 9.17) is 16.3 Å². The molecule has 0 aliphatic carbocycles. The lowest BCUT2D eigenvalue weighted by Crippen LogP contribution is -2.52. The van der Waals surface area contributed by atoms with Crippen molar-refractivity contribution in [1.29, 1.82) is 0 Å². The normalized spacial score (nSPS) is 13.0. The molecule has 0 spiro atoms. The standard InChI is InChI=1S/C20H13ClN2O4/c21-13-7-9-14(10-8-13)27-11-17(24)22-23-19(25)15-5-1-3-12-4-2-6-16(18(12)15)20(23)26/h1-10H,11H2,(H,22,24). The number of nitrogens with one attached hydrogen (secondary N) is 1. The zero-order valence-corrected chi connectivity index (χ0v) is 14.7. The van der Waals surface area contributed by atoms with Crippen molar-refractivity contribution in [2.24, 2.45) is 0 Å². The Labute approximate surface area is 159 Å². The number of rotatable bonds is 4. The number of halogens is 1. The molecule has 1 aliphatic rings. The van der Waals surface area contributed by atoms with E-state index in [1.165, 1.54) is 0 Å². The molecule has 0 fully saturated rings. The number of nitrogens with zero attached hydrogens (tertiary/aromatic N) is 1. The van der Waals surface area contributed by atoms with Gasteiger partial charge in [-0.3, -0.25) is 19.8 Å². The van der Waals surface area contributed by atoms with Crippen molar-refractivity contribution in [1.82, 2.24) is 10.4 Å². The van der Waals surface area contributed by atoms with E-state index in [2.05, 4.69) is 5.43 Å². The second-order valence-electron chi connectivity index (χ2n) is 5.93. The maximum atomic E-state index is 12.7. The first-order valence-electron chi connectivity index (χ1n) is 8.13. The topological polar surface area (TPSA) is 75.7 Å². The number of amides is 3. The van der Waals surface area contributed by atoms with Crippen LogP contribution in [0.1, 0.15) is 20.7 Å². The molecule has 0 saturated carbocycles. The molecule has 1 aliphatic heterocycles. The summed E-state index contributed by atoms with van der Waals surface area (Å²) in [4.78, 5) is 37.6. The first kappa shape index (κ1) is 17.1. The molecule has 4 rings (SSSR count). The smallest absolute Gasteiger partial charge is 0.280 e. The second-order valence-corrected chi connectivity index (χ2v) is 6.37. The van der Waals surface area contributed by atoms with Crippen molar-refractivity contribution >= 4 is 40.1 Å². The van der Waals surface area contributed by atoms with Gasteiger partial charge in [-0.25, -0.2) is 0 Å². The van der Waals surface area contributed by atoms with Crippen LogP contribution in [0.5, 0.6) is 5.75 Å². The van der Waals surface area contributed by atoms with E-state index in [0.29, 0.717) is 27.3 Å². The van der Waals surface area contributed by atoms with Gasteiger partial charge < -0.3 is 4.74 Å². The van der Waals surface area contributed by atoms with Crippen molar-refractivity contribution in [3.05, 3.63) is 76.8 Å². The molecule has 3 aromatic rings. The summed E-state index contributed by atoms with van der Waals surface area (Å²) in [5.74, 6) is -1.34. The minimum absolute atomic E-state index is 0.357. The predicted octanol–water partition coefficient (Wildman–Crippen LogP) is 3.20. The molecule has 0 saturated heterocycles. The number of carbonyl (C=O) groups excluding carboxylic acids is 3. The van der Waals surface area contributed by atoms with E-state index in [1.807, 2.05) is 12.1 Å². The molecule has 0 radical (unpaired) electrons. The number of ether oxygens (including phenoxy) is 1. The van der Waals surface area contributed by atoms with Gasteiger partial charge >= 0.3 is 0 Å². The lowest BCUT2D eigenvalue weighted by Gasteiger charge is -2.27. The van der Waals surface area contributed by atoms with Gasteiger partial charge in [-0.1, -0.05) is 35.9 Å². The molecule has 0 atom stereocenters. The number of hydrazine groups is 1. The summed E-state index contributed by atoms with van der Waals surface area (Å²) in [6, 6.07) is 16.9. The second kappa shape index (κ2) is 6.74. The third-order valence-corrected chi connectivity index (χ3v) is 4.44. The molecule has 134 valence electrons. The SMILES string of the molecule is O=C(COc1ccc(Cl)cc1)NN1C(=O)c2cccc3cccc(c23)C1=O. The molecule has 1 N–H and O–H groups in total. The Balaban J connectivity index is 1.53. The summed E-state index contributed by atoms with van der Waals surface area (Å²) in [6.45, 7) is -0.357. The number of benzene rings is 3. The molecule has 6 nitrogen and oxygen atoms in total. The molecule has 27 heavy (non-hydrogen) atoms. The Morgan fingerprint density at radius 3 is 2.11 bits per heavy atom. The van der Waals surface area contributed by atoms with Crippen molar-refractivity contribution in [2.75, 3.05) is 6.61 Å². The molecule has 0 aromatic heterocycles. The third-order valence-electron chi connectivity index (χ3n) is 4.19. The highest BCUT2D eigenvalue weighted by atomic mass is 35.5. The van der Waals surface area contributed by atoms with Crippen LogP contribution in [0.3, 0.4) is 0 Å². The lowest BCUT2D eigenvalue weighted by molar-refractivity contribution is -0.126. The summed E-state index contributed by atoms with van der Waals surface area (Å²) in [5.41, 5.74) is 3.05. The van der Waals surface area contributed by atoms with Gasteiger partial charge in [0.05, 0.1) is 11.1 Å². The van der Waals surface area contributed by atoms with Crippen LogP contribution < -0.4 is 10.2 Å². The van der Waals surface area contributed by atoms with Crippen LogP contribution in [0.15, 0.2) is 60.7 Å². The molecular formula is C20H13ClN2O4. The van der Waals surface area contributed by atoms with Crippen LogP contribution in [-0.2, 0) is 4.79 Å². The Morgan fingerprint density at radius 2 is 1.52 bits per heavy atom. The van der Waals surface area contributed by atoms with Gasteiger partial charge in [-0.05, 0) is 41.8 Å². The van der Waals surface area contributed by atoms with Crippen molar-refractivity contribution in [2.45, 2.75) is 0 Å². The highest BCUT2D eigenvalue weighted by molar-refractivity contribution is 6.30. The Bertz CT molecular complexity index is 1030. The summed E-state index contributed by atoms with van der Waals surface area (Å²) < 4.78 is 5.34. The van der Waals surface area contributed by atoms with Crippen molar-refractivity contribution in [3.8, 4) is 5.75 Å². The Kier molecular flexibility index (Phi) is 4.25. The van der Waals surface area contributed by atoms with E-state index in [0.717, 1.165) is 10.4 Å². The molecule has 0 unspecified atom stereocenters. The Morgan fingerprint density at radius 1 is 0.926 bits per heavy atom. The van der Waals surface area contributed by atoms with Crippen LogP contribution in [-0.4, -0.2) is 29.3 Å². The average molecular weight is 381 g/mol. The van der Waals surface area contributed by atoms with Gasteiger partial charge in [-0.2, -0.15) is 5.01 Å². The molecule has 3 amide bonds. The molecule has 1 heterocycles. The van der Waals surface area contributed by atoms with Crippen LogP contribution in [0.2, 0.25) is 5.02 Å². The minimum atomic E-state index is -0.627.